The average molecular weight is 470 g/mol. The van der Waals surface area contributed by atoms with E-state index in [1.54, 1.807) is 7.05 Å². The maximum absolute atomic E-state index is 5.41. The highest BCUT2D eigenvalue weighted by molar-refractivity contribution is 14.0. The fourth-order valence-corrected chi connectivity index (χ4v) is 2.80. The van der Waals surface area contributed by atoms with Gasteiger partial charge in [0.05, 0.1) is 5.69 Å². The molecule has 26 heavy (non-hydrogen) atoms. The maximum Gasteiger partial charge on any atom is 0.191 e. The number of benzene rings is 1. The summed E-state index contributed by atoms with van der Waals surface area (Å²) in [6.07, 6.45) is 3.78. The number of aryl methyl sites for hydroxylation is 3. The minimum Gasteiger partial charge on any atom is -0.361 e. The van der Waals surface area contributed by atoms with E-state index in [0.29, 0.717) is 6.54 Å². The van der Waals surface area contributed by atoms with Gasteiger partial charge in [-0.1, -0.05) is 50.2 Å². The van der Waals surface area contributed by atoms with Crippen LogP contribution in [0.3, 0.4) is 0 Å². The van der Waals surface area contributed by atoms with Gasteiger partial charge in [-0.3, -0.25) is 4.99 Å². The summed E-state index contributed by atoms with van der Waals surface area (Å²) in [4.78, 5) is 4.30. The molecule has 0 amide bonds. The Morgan fingerprint density at radius 3 is 2.27 bits per heavy atom. The summed E-state index contributed by atoms with van der Waals surface area (Å²) in [5.74, 6) is 1.76. The molecule has 2 N–H and O–H groups in total. The molecule has 1 aromatic heterocycles. The van der Waals surface area contributed by atoms with E-state index in [2.05, 4.69) is 65.8 Å². The smallest absolute Gasteiger partial charge is 0.191 e. The van der Waals surface area contributed by atoms with E-state index in [9.17, 15) is 0 Å². The molecule has 0 aliphatic rings. The number of aliphatic imine (C=N–C) groups is 1. The Kier molecular flexibility index (Phi) is 10.3. The SMILES string of the molecule is CCc1ccc(CCNC(=NC)NCc2c(CC)noc2CC)cc1.I. The van der Waals surface area contributed by atoms with E-state index in [0.717, 1.165) is 55.2 Å². The average Bonchev–Trinajstić information content (AvgIpc) is 3.07. The fraction of sp³-hybridized carbons (Fsp3) is 0.500. The van der Waals surface area contributed by atoms with Gasteiger partial charge in [-0.15, -0.1) is 24.0 Å². The van der Waals surface area contributed by atoms with Crippen LogP contribution in [0, 0.1) is 0 Å². The van der Waals surface area contributed by atoms with Gasteiger partial charge >= 0.3 is 0 Å². The summed E-state index contributed by atoms with van der Waals surface area (Å²) < 4.78 is 5.41. The molecule has 6 heteroatoms. The van der Waals surface area contributed by atoms with Crippen LogP contribution in [0.1, 0.15) is 48.9 Å². The van der Waals surface area contributed by atoms with Gasteiger partial charge in [0.1, 0.15) is 5.76 Å². The lowest BCUT2D eigenvalue weighted by molar-refractivity contribution is 0.380. The Balaban J connectivity index is 0.00000338. The molecule has 0 unspecified atom stereocenters. The lowest BCUT2D eigenvalue weighted by Crippen LogP contribution is -2.38. The number of guanidine groups is 1. The van der Waals surface area contributed by atoms with Gasteiger partial charge in [0.15, 0.2) is 5.96 Å². The third-order valence-corrected chi connectivity index (χ3v) is 4.40. The first-order chi connectivity index (χ1) is 12.2. The predicted molar refractivity (Wildman–Crippen MR) is 118 cm³/mol. The van der Waals surface area contributed by atoms with Crippen LogP contribution < -0.4 is 10.6 Å². The lowest BCUT2D eigenvalue weighted by atomic mass is 10.1. The fourth-order valence-electron chi connectivity index (χ4n) is 2.80. The van der Waals surface area contributed by atoms with Gasteiger partial charge in [-0.25, -0.2) is 0 Å². The van der Waals surface area contributed by atoms with E-state index in [1.807, 2.05) is 0 Å². The van der Waals surface area contributed by atoms with E-state index in [4.69, 9.17) is 4.52 Å². The van der Waals surface area contributed by atoms with Crippen molar-refractivity contribution in [1.82, 2.24) is 15.8 Å². The second-order valence-corrected chi connectivity index (χ2v) is 6.01. The minimum absolute atomic E-state index is 0. The van der Waals surface area contributed by atoms with Crippen molar-refractivity contribution in [2.45, 2.75) is 53.0 Å². The zero-order chi connectivity index (χ0) is 18.1. The molecule has 144 valence electrons. The standard InChI is InChI=1S/C20H30N4O.HI/c1-5-15-8-10-16(11-9-15)12-13-22-20(21-4)23-14-17-18(6-2)24-25-19(17)7-3;/h8-11H,5-7,12-14H2,1-4H3,(H2,21,22,23);1H. The highest BCUT2D eigenvalue weighted by Crippen LogP contribution is 2.15. The topological polar surface area (TPSA) is 62.5 Å². The molecule has 0 atom stereocenters. The molecule has 0 radical (unpaired) electrons. The number of hydrogen-bond acceptors (Lipinski definition) is 3. The Morgan fingerprint density at radius 2 is 1.69 bits per heavy atom. The molecule has 0 bridgehead atoms. The van der Waals surface area contributed by atoms with E-state index in [1.165, 1.54) is 11.1 Å². The zero-order valence-electron chi connectivity index (χ0n) is 16.3. The summed E-state index contributed by atoms with van der Waals surface area (Å²) in [6.45, 7) is 7.88. The quantitative estimate of drug-likeness (QED) is 0.349. The van der Waals surface area contributed by atoms with Crippen LogP contribution >= 0.6 is 24.0 Å². The van der Waals surface area contributed by atoms with Crippen LogP contribution in [0.5, 0.6) is 0 Å². The number of nitrogens with one attached hydrogen (secondary N) is 2. The number of aromatic nitrogens is 1. The van der Waals surface area contributed by atoms with Crippen molar-refractivity contribution >= 4 is 29.9 Å². The van der Waals surface area contributed by atoms with Crippen molar-refractivity contribution in [1.29, 1.82) is 0 Å². The van der Waals surface area contributed by atoms with Gasteiger partial charge in [0, 0.05) is 32.1 Å². The van der Waals surface area contributed by atoms with Crippen molar-refractivity contribution < 1.29 is 4.52 Å². The third kappa shape index (κ3) is 6.30. The van der Waals surface area contributed by atoms with Crippen molar-refractivity contribution in [3.63, 3.8) is 0 Å². The van der Waals surface area contributed by atoms with Crippen LogP contribution in [-0.2, 0) is 32.2 Å². The maximum atomic E-state index is 5.41. The summed E-state index contributed by atoms with van der Waals surface area (Å²) in [5, 5.41) is 10.9. The van der Waals surface area contributed by atoms with Gasteiger partial charge < -0.3 is 15.2 Å². The van der Waals surface area contributed by atoms with E-state index >= 15 is 0 Å². The first-order valence-corrected chi connectivity index (χ1v) is 9.20. The van der Waals surface area contributed by atoms with Gasteiger partial charge in [0.2, 0.25) is 0 Å². The summed E-state index contributed by atoms with van der Waals surface area (Å²) in [6, 6.07) is 8.81. The molecule has 1 heterocycles. The van der Waals surface area contributed by atoms with Crippen LogP contribution in [0.4, 0.5) is 0 Å². The van der Waals surface area contributed by atoms with Crippen molar-refractivity contribution in [3.05, 3.63) is 52.4 Å². The molecule has 0 saturated heterocycles. The molecule has 2 aromatic rings. The highest BCUT2D eigenvalue weighted by Gasteiger charge is 2.13. The van der Waals surface area contributed by atoms with Crippen molar-refractivity contribution in [2.24, 2.45) is 4.99 Å². The Bertz CT molecular complexity index is 658. The molecule has 0 aliphatic heterocycles. The van der Waals surface area contributed by atoms with E-state index in [-0.39, 0.29) is 24.0 Å². The zero-order valence-corrected chi connectivity index (χ0v) is 18.6. The first-order valence-electron chi connectivity index (χ1n) is 9.20. The Morgan fingerprint density at radius 1 is 1.00 bits per heavy atom. The highest BCUT2D eigenvalue weighted by atomic mass is 127. The monoisotopic (exact) mass is 470 g/mol. The number of hydrogen-bond donors (Lipinski definition) is 2. The largest absolute Gasteiger partial charge is 0.361 e. The Hall–Kier alpha value is -1.57. The summed E-state index contributed by atoms with van der Waals surface area (Å²) in [7, 11) is 1.79. The number of halogens is 1. The molecule has 0 spiro atoms. The Labute approximate surface area is 174 Å². The second-order valence-electron chi connectivity index (χ2n) is 6.01. The van der Waals surface area contributed by atoms with E-state index < -0.39 is 0 Å². The molecular formula is C20H31IN4O. The van der Waals surface area contributed by atoms with Crippen molar-refractivity contribution in [3.8, 4) is 0 Å². The van der Waals surface area contributed by atoms with Gasteiger partial charge in [-0.2, -0.15) is 0 Å². The molecule has 1 aromatic carbocycles. The van der Waals surface area contributed by atoms with Crippen molar-refractivity contribution in [2.75, 3.05) is 13.6 Å². The third-order valence-electron chi connectivity index (χ3n) is 4.40. The number of rotatable bonds is 8. The normalized spacial score (nSPS) is 11.2. The van der Waals surface area contributed by atoms with Gasteiger partial charge in [0.25, 0.3) is 0 Å². The summed E-state index contributed by atoms with van der Waals surface area (Å²) in [5.41, 5.74) is 4.89. The molecule has 0 fully saturated rings. The lowest BCUT2D eigenvalue weighted by Gasteiger charge is -2.12. The van der Waals surface area contributed by atoms with Gasteiger partial charge in [-0.05, 0) is 30.4 Å². The summed E-state index contributed by atoms with van der Waals surface area (Å²) >= 11 is 0. The first kappa shape index (κ1) is 22.5. The molecule has 5 nitrogen and oxygen atoms in total. The molecule has 0 saturated carbocycles. The minimum atomic E-state index is 0. The van der Waals surface area contributed by atoms with Crippen LogP contribution in [-0.4, -0.2) is 24.7 Å². The molecular weight excluding hydrogens is 439 g/mol. The molecule has 2 rings (SSSR count). The second kappa shape index (κ2) is 11.9. The predicted octanol–water partition coefficient (Wildman–Crippen LogP) is 3.89. The number of nitrogens with zero attached hydrogens (tertiary/aromatic N) is 2. The van der Waals surface area contributed by atoms with Crippen LogP contribution in [0.25, 0.3) is 0 Å². The van der Waals surface area contributed by atoms with Crippen LogP contribution in [0.15, 0.2) is 33.8 Å². The van der Waals surface area contributed by atoms with Crippen LogP contribution in [0.2, 0.25) is 0 Å². The molecule has 0 aliphatic carbocycles.